The summed E-state index contributed by atoms with van der Waals surface area (Å²) in [5.74, 6) is 0.783. The van der Waals surface area contributed by atoms with E-state index in [0.29, 0.717) is 0 Å². The van der Waals surface area contributed by atoms with Gasteiger partial charge < -0.3 is 5.32 Å². The number of allylic oxidation sites excluding steroid dienone is 3. The summed E-state index contributed by atoms with van der Waals surface area (Å²) in [6, 6.07) is 0. The first-order valence-corrected chi connectivity index (χ1v) is 11.3. The van der Waals surface area contributed by atoms with Gasteiger partial charge in [0.05, 0.1) is 0 Å². The molecule has 1 amide bonds. The Morgan fingerprint density at radius 1 is 0.769 bits per heavy atom. The lowest BCUT2D eigenvalue weighted by Crippen LogP contribution is -2.22. The first kappa shape index (κ1) is 24.9. The van der Waals surface area contributed by atoms with Gasteiger partial charge in [-0.05, 0) is 63.4 Å². The van der Waals surface area contributed by atoms with Crippen LogP contribution in [-0.2, 0) is 4.79 Å². The maximum absolute atomic E-state index is 11.6. The summed E-state index contributed by atoms with van der Waals surface area (Å²) in [6.07, 6.45) is 26.2. The van der Waals surface area contributed by atoms with Crippen LogP contribution in [0.3, 0.4) is 0 Å². The van der Waals surface area contributed by atoms with Gasteiger partial charge in [-0.1, -0.05) is 77.5 Å². The molecule has 0 atom stereocenters. The predicted molar refractivity (Wildman–Crippen MR) is 116 cm³/mol. The van der Waals surface area contributed by atoms with Gasteiger partial charge in [-0.15, -0.1) is 0 Å². The lowest BCUT2D eigenvalue weighted by atomic mass is 10.1. The molecule has 0 saturated heterocycles. The van der Waals surface area contributed by atoms with E-state index in [1.165, 1.54) is 77.0 Å². The van der Waals surface area contributed by atoms with Crippen LogP contribution in [-0.4, -0.2) is 12.5 Å². The summed E-state index contributed by atoms with van der Waals surface area (Å²) < 4.78 is 0. The molecule has 0 aliphatic rings. The SMILES string of the molecule is CCCCCC=CCCCCCCCCC=CC(=O)NCCCC(C)C. The molecule has 0 aromatic heterocycles. The number of nitrogens with one attached hydrogen (secondary N) is 1. The molecule has 152 valence electrons. The van der Waals surface area contributed by atoms with Gasteiger partial charge in [0.25, 0.3) is 0 Å². The minimum absolute atomic E-state index is 0.0662. The minimum atomic E-state index is 0.0662. The highest BCUT2D eigenvalue weighted by molar-refractivity contribution is 5.87. The summed E-state index contributed by atoms with van der Waals surface area (Å²) in [5, 5.41) is 2.96. The molecule has 1 N–H and O–H groups in total. The Morgan fingerprint density at radius 3 is 1.88 bits per heavy atom. The van der Waals surface area contributed by atoms with E-state index in [9.17, 15) is 4.79 Å². The van der Waals surface area contributed by atoms with Crippen molar-refractivity contribution in [1.82, 2.24) is 5.32 Å². The molecule has 0 saturated carbocycles. The van der Waals surface area contributed by atoms with E-state index in [0.717, 1.165) is 25.3 Å². The molecule has 0 rings (SSSR count). The van der Waals surface area contributed by atoms with Crippen molar-refractivity contribution in [3.63, 3.8) is 0 Å². The van der Waals surface area contributed by atoms with E-state index >= 15 is 0 Å². The predicted octanol–water partition coefficient (Wildman–Crippen LogP) is 7.35. The van der Waals surface area contributed by atoms with Gasteiger partial charge in [0.15, 0.2) is 0 Å². The molecule has 0 fully saturated rings. The summed E-state index contributed by atoms with van der Waals surface area (Å²) >= 11 is 0. The van der Waals surface area contributed by atoms with Crippen LogP contribution in [0.5, 0.6) is 0 Å². The quantitative estimate of drug-likeness (QED) is 0.154. The molecular formula is C24H45NO. The number of amides is 1. The van der Waals surface area contributed by atoms with Crippen molar-refractivity contribution in [2.45, 2.75) is 111 Å². The maximum Gasteiger partial charge on any atom is 0.243 e. The normalized spacial score (nSPS) is 11.8. The Labute approximate surface area is 163 Å². The maximum atomic E-state index is 11.6. The molecule has 2 nitrogen and oxygen atoms in total. The molecule has 0 aliphatic carbocycles. The van der Waals surface area contributed by atoms with Crippen LogP contribution in [0.2, 0.25) is 0 Å². The summed E-state index contributed by atoms with van der Waals surface area (Å²) in [4.78, 5) is 11.6. The number of carbonyl (C=O) groups excluding carboxylic acids is 1. The largest absolute Gasteiger partial charge is 0.353 e. The summed E-state index contributed by atoms with van der Waals surface area (Å²) in [6.45, 7) is 7.49. The number of carbonyl (C=O) groups is 1. The van der Waals surface area contributed by atoms with E-state index in [2.05, 4.69) is 38.2 Å². The smallest absolute Gasteiger partial charge is 0.243 e. The monoisotopic (exact) mass is 363 g/mol. The van der Waals surface area contributed by atoms with Crippen LogP contribution in [0.15, 0.2) is 24.3 Å². The van der Waals surface area contributed by atoms with E-state index in [1.54, 1.807) is 6.08 Å². The average molecular weight is 364 g/mol. The highest BCUT2D eigenvalue weighted by Crippen LogP contribution is 2.10. The van der Waals surface area contributed by atoms with Gasteiger partial charge in [0, 0.05) is 6.54 Å². The topological polar surface area (TPSA) is 29.1 Å². The van der Waals surface area contributed by atoms with Gasteiger partial charge >= 0.3 is 0 Å². The molecule has 0 aliphatic heterocycles. The first-order chi connectivity index (χ1) is 12.7. The van der Waals surface area contributed by atoms with Crippen LogP contribution in [0.1, 0.15) is 111 Å². The van der Waals surface area contributed by atoms with Crippen molar-refractivity contribution in [2.24, 2.45) is 5.92 Å². The Morgan fingerprint density at radius 2 is 1.31 bits per heavy atom. The Bertz CT molecular complexity index is 357. The molecule has 0 bridgehead atoms. The molecule has 2 heteroatoms. The zero-order valence-electron chi connectivity index (χ0n) is 17.9. The Kier molecular flexibility index (Phi) is 19.4. The third kappa shape index (κ3) is 21.0. The highest BCUT2D eigenvalue weighted by Gasteiger charge is 1.96. The van der Waals surface area contributed by atoms with Gasteiger partial charge in [0.1, 0.15) is 0 Å². The second-order valence-corrected chi connectivity index (χ2v) is 7.90. The molecule has 0 spiro atoms. The van der Waals surface area contributed by atoms with Crippen LogP contribution in [0.4, 0.5) is 0 Å². The summed E-state index contributed by atoms with van der Waals surface area (Å²) in [5.41, 5.74) is 0. The van der Waals surface area contributed by atoms with Crippen molar-refractivity contribution in [3.8, 4) is 0 Å². The molecule has 0 heterocycles. The van der Waals surface area contributed by atoms with Crippen molar-refractivity contribution in [2.75, 3.05) is 6.54 Å². The third-order valence-electron chi connectivity index (χ3n) is 4.66. The standard InChI is InChI=1S/C24H45NO/c1-4-5-6-7-8-9-10-11-12-13-14-15-16-17-18-21-24(26)25-22-19-20-23(2)3/h8-9,18,21,23H,4-7,10-17,19-20,22H2,1-3H3,(H,25,26). The Hall–Kier alpha value is -1.05. The van der Waals surface area contributed by atoms with Gasteiger partial charge in [-0.25, -0.2) is 0 Å². The number of rotatable bonds is 18. The number of unbranched alkanes of at least 4 members (excludes halogenated alkanes) is 10. The van der Waals surface area contributed by atoms with Gasteiger partial charge in [-0.3, -0.25) is 4.79 Å². The highest BCUT2D eigenvalue weighted by atomic mass is 16.1. The number of hydrogen-bond donors (Lipinski definition) is 1. The van der Waals surface area contributed by atoms with Crippen LogP contribution >= 0.6 is 0 Å². The minimum Gasteiger partial charge on any atom is -0.353 e. The second kappa shape index (κ2) is 20.3. The first-order valence-electron chi connectivity index (χ1n) is 11.3. The fourth-order valence-corrected chi connectivity index (χ4v) is 2.95. The van der Waals surface area contributed by atoms with Crippen molar-refractivity contribution >= 4 is 5.91 Å². The van der Waals surface area contributed by atoms with Gasteiger partial charge in [-0.2, -0.15) is 0 Å². The fraction of sp³-hybridized carbons (Fsp3) is 0.792. The van der Waals surface area contributed by atoms with Crippen LogP contribution in [0.25, 0.3) is 0 Å². The average Bonchev–Trinajstić information content (AvgIpc) is 2.62. The van der Waals surface area contributed by atoms with Crippen molar-refractivity contribution in [1.29, 1.82) is 0 Å². The third-order valence-corrected chi connectivity index (χ3v) is 4.66. The molecular weight excluding hydrogens is 318 g/mol. The van der Waals surface area contributed by atoms with E-state index < -0.39 is 0 Å². The fourth-order valence-electron chi connectivity index (χ4n) is 2.95. The van der Waals surface area contributed by atoms with Crippen LogP contribution in [0, 0.1) is 5.92 Å². The van der Waals surface area contributed by atoms with Gasteiger partial charge in [0.2, 0.25) is 5.91 Å². The van der Waals surface area contributed by atoms with Crippen molar-refractivity contribution < 1.29 is 4.79 Å². The molecule has 0 radical (unpaired) electrons. The zero-order valence-corrected chi connectivity index (χ0v) is 17.9. The van der Waals surface area contributed by atoms with E-state index in [-0.39, 0.29) is 5.91 Å². The lowest BCUT2D eigenvalue weighted by molar-refractivity contribution is -0.116. The molecule has 0 aromatic carbocycles. The second-order valence-electron chi connectivity index (χ2n) is 7.90. The Balaban J connectivity index is 3.28. The van der Waals surface area contributed by atoms with Crippen LogP contribution < -0.4 is 5.32 Å². The summed E-state index contributed by atoms with van der Waals surface area (Å²) in [7, 11) is 0. The zero-order chi connectivity index (χ0) is 19.3. The van der Waals surface area contributed by atoms with E-state index in [1.807, 2.05) is 6.08 Å². The van der Waals surface area contributed by atoms with Crippen molar-refractivity contribution in [3.05, 3.63) is 24.3 Å². The molecule has 26 heavy (non-hydrogen) atoms. The lowest BCUT2D eigenvalue weighted by Gasteiger charge is -2.04. The van der Waals surface area contributed by atoms with E-state index in [4.69, 9.17) is 0 Å². The molecule has 0 unspecified atom stereocenters. The molecule has 0 aromatic rings. The number of hydrogen-bond acceptors (Lipinski definition) is 1.